The number of H-pyrrole nitrogens is 1. The lowest BCUT2D eigenvalue weighted by Crippen LogP contribution is -2.42. The Balaban J connectivity index is 2.03. The van der Waals surface area contributed by atoms with Crippen molar-refractivity contribution in [2.75, 3.05) is 25.1 Å². The molecule has 0 bridgehead atoms. The van der Waals surface area contributed by atoms with E-state index in [9.17, 15) is 9.59 Å². The van der Waals surface area contributed by atoms with Gasteiger partial charge in [0, 0.05) is 25.2 Å². The van der Waals surface area contributed by atoms with E-state index in [1.165, 1.54) is 13.2 Å². The quantitative estimate of drug-likeness (QED) is 0.677. The number of halogens is 1. The fourth-order valence-corrected chi connectivity index (χ4v) is 5.24. The first kappa shape index (κ1) is 19.9. The second-order valence-electron chi connectivity index (χ2n) is 8.18. The van der Waals surface area contributed by atoms with Crippen LogP contribution in [-0.2, 0) is 6.54 Å². The second-order valence-corrected chi connectivity index (χ2v) is 8.97. The first-order chi connectivity index (χ1) is 13.7. The number of hydrogen-bond acceptors (Lipinski definition) is 6. The Hall–Kier alpha value is -2.39. The van der Waals surface area contributed by atoms with E-state index in [1.807, 2.05) is 30.2 Å². The van der Waals surface area contributed by atoms with Crippen LogP contribution >= 0.6 is 11.5 Å². The minimum atomic E-state index is -0.532. The molecule has 156 valence electrons. The van der Waals surface area contributed by atoms with Gasteiger partial charge in [0.15, 0.2) is 11.6 Å². The lowest BCUT2D eigenvalue weighted by molar-refractivity contribution is 0.348. The third kappa shape index (κ3) is 2.95. The highest BCUT2D eigenvalue weighted by atomic mass is 32.1. The predicted octanol–water partition coefficient (Wildman–Crippen LogP) is 2.64. The van der Waals surface area contributed by atoms with Crippen molar-refractivity contribution in [2.24, 2.45) is 11.7 Å². The standard InChI is InChI=1S/C20H25FN4O3S/c1-5-25-14-11(16(26)13-18(27)23-29-19(13)25)8-12(21)15(17(14)28-4)24-7-6-10(9-24)20(2,3)22/h8,10H,5-7,9,22H2,1-4H3,(H,23,27). The van der Waals surface area contributed by atoms with Gasteiger partial charge in [0.1, 0.15) is 15.9 Å². The number of nitrogens with zero attached hydrogens (tertiary/aromatic N) is 2. The van der Waals surface area contributed by atoms with Crippen LogP contribution in [-0.4, -0.2) is 34.7 Å². The maximum absolute atomic E-state index is 15.3. The minimum absolute atomic E-state index is 0.0599. The fourth-order valence-electron chi connectivity index (χ4n) is 4.33. The number of pyridine rings is 1. The van der Waals surface area contributed by atoms with E-state index in [4.69, 9.17) is 10.5 Å². The molecule has 1 fully saturated rings. The zero-order chi connectivity index (χ0) is 21.1. The number of aromatic nitrogens is 2. The van der Waals surface area contributed by atoms with Crippen LogP contribution in [0, 0.1) is 11.7 Å². The first-order valence-corrected chi connectivity index (χ1v) is 10.5. The molecule has 1 aromatic carbocycles. The number of aromatic amines is 1. The summed E-state index contributed by atoms with van der Waals surface area (Å²) in [6.07, 6.45) is 0.850. The van der Waals surface area contributed by atoms with Crippen LogP contribution in [0.2, 0.25) is 0 Å². The maximum Gasteiger partial charge on any atom is 0.271 e. The largest absolute Gasteiger partial charge is 0.492 e. The van der Waals surface area contributed by atoms with Gasteiger partial charge in [0.05, 0.1) is 18.0 Å². The van der Waals surface area contributed by atoms with E-state index in [2.05, 4.69) is 4.37 Å². The molecule has 29 heavy (non-hydrogen) atoms. The number of ether oxygens (including phenoxy) is 1. The molecule has 1 unspecified atom stereocenters. The molecule has 3 N–H and O–H groups in total. The molecule has 7 nitrogen and oxygen atoms in total. The number of fused-ring (bicyclic) bond motifs is 2. The van der Waals surface area contributed by atoms with E-state index in [0.717, 1.165) is 18.0 Å². The molecule has 1 aliphatic rings. The highest BCUT2D eigenvalue weighted by Gasteiger charge is 2.35. The summed E-state index contributed by atoms with van der Waals surface area (Å²) in [5.41, 5.74) is 5.84. The summed E-state index contributed by atoms with van der Waals surface area (Å²) >= 11 is 1.11. The number of anilines is 1. The van der Waals surface area contributed by atoms with Gasteiger partial charge in [0.25, 0.3) is 5.56 Å². The number of aryl methyl sites for hydroxylation is 1. The summed E-state index contributed by atoms with van der Waals surface area (Å²) in [6.45, 7) is 7.64. The summed E-state index contributed by atoms with van der Waals surface area (Å²) < 4.78 is 25.4. The Morgan fingerprint density at radius 3 is 2.72 bits per heavy atom. The average Bonchev–Trinajstić information content (AvgIpc) is 3.29. The van der Waals surface area contributed by atoms with Gasteiger partial charge in [-0.3, -0.25) is 14.0 Å². The molecule has 0 saturated carbocycles. The van der Waals surface area contributed by atoms with Crippen molar-refractivity contribution in [3.05, 3.63) is 32.5 Å². The van der Waals surface area contributed by atoms with Gasteiger partial charge in [-0.15, -0.1) is 0 Å². The Morgan fingerprint density at radius 1 is 1.41 bits per heavy atom. The van der Waals surface area contributed by atoms with Crippen LogP contribution in [0.25, 0.3) is 21.1 Å². The maximum atomic E-state index is 15.3. The molecule has 9 heteroatoms. The Bertz CT molecular complexity index is 1220. The summed E-state index contributed by atoms with van der Waals surface area (Å²) in [6, 6.07) is 1.24. The van der Waals surface area contributed by atoms with E-state index in [1.54, 1.807) is 0 Å². The number of benzene rings is 1. The van der Waals surface area contributed by atoms with Gasteiger partial charge in [-0.05, 0) is 50.7 Å². The van der Waals surface area contributed by atoms with E-state index in [0.29, 0.717) is 41.4 Å². The molecule has 0 spiro atoms. The Labute approximate surface area is 171 Å². The molecule has 2 aromatic heterocycles. The van der Waals surface area contributed by atoms with Gasteiger partial charge in [-0.2, -0.15) is 0 Å². The molecule has 3 heterocycles. The van der Waals surface area contributed by atoms with Gasteiger partial charge in [0.2, 0.25) is 5.43 Å². The third-order valence-electron chi connectivity index (χ3n) is 5.93. The monoisotopic (exact) mass is 420 g/mol. The van der Waals surface area contributed by atoms with Crippen LogP contribution in [0.5, 0.6) is 5.75 Å². The number of nitrogens with two attached hydrogens (primary N) is 1. The van der Waals surface area contributed by atoms with Crippen LogP contribution in [0.15, 0.2) is 15.7 Å². The Morgan fingerprint density at radius 2 is 2.14 bits per heavy atom. The zero-order valence-electron chi connectivity index (χ0n) is 17.0. The predicted molar refractivity (Wildman–Crippen MR) is 115 cm³/mol. The van der Waals surface area contributed by atoms with Crippen LogP contribution < -0.4 is 26.4 Å². The summed E-state index contributed by atoms with van der Waals surface area (Å²) in [7, 11) is 1.48. The first-order valence-electron chi connectivity index (χ1n) is 9.67. The number of nitrogens with one attached hydrogen (secondary N) is 1. The van der Waals surface area contributed by atoms with E-state index < -0.39 is 16.8 Å². The van der Waals surface area contributed by atoms with Crippen LogP contribution in [0.3, 0.4) is 0 Å². The van der Waals surface area contributed by atoms with Crippen molar-refractivity contribution in [1.29, 1.82) is 0 Å². The van der Waals surface area contributed by atoms with Crippen molar-refractivity contribution >= 4 is 38.3 Å². The van der Waals surface area contributed by atoms with E-state index >= 15 is 4.39 Å². The molecule has 3 aromatic rings. The SMILES string of the molecule is CCn1c2s[nH]c(=O)c2c(=O)c2cc(F)c(N3CCC(C(C)(C)N)C3)c(OC)c21. The topological polar surface area (TPSA) is 93.4 Å². The number of rotatable bonds is 4. The van der Waals surface area contributed by atoms with Crippen LogP contribution in [0.4, 0.5) is 10.1 Å². The van der Waals surface area contributed by atoms with Crippen molar-refractivity contribution < 1.29 is 9.13 Å². The van der Waals surface area contributed by atoms with Crippen molar-refractivity contribution in [1.82, 2.24) is 8.94 Å². The van der Waals surface area contributed by atoms with Crippen molar-refractivity contribution in [2.45, 2.75) is 39.3 Å². The molecule has 1 saturated heterocycles. The summed E-state index contributed by atoms with van der Waals surface area (Å²) in [5, 5.41) is 0.209. The van der Waals surface area contributed by atoms with Crippen molar-refractivity contribution in [3.8, 4) is 5.75 Å². The normalized spacial score (nSPS) is 17.6. The van der Waals surface area contributed by atoms with Gasteiger partial charge >= 0.3 is 0 Å². The number of hydrogen-bond donors (Lipinski definition) is 2. The van der Waals surface area contributed by atoms with Crippen molar-refractivity contribution in [3.63, 3.8) is 0 Å². The van der Waals surface area contributed by atoms with Gasteiger partial charge < -0.3 is 19.9 Å². The second kappa shape index (κ2) is 6.84. The fraction of sp³-hybridized carbons (Fsp3) is 0.500. The average molecular weight is 421 g/mol. The molecule has 0 amide bonds. The van der Waals surface area contributed by atoms with Gasteiger partial charge in [-0.1, -0.05) is 0 Å². The summed E-state index contributed by atoms with van der Waals surface area (Å²) in [5.74, 6) is 0.000772. The smallest absolute Gasteiger partial charge is 0.271 e. The molecular formula is C20H25FN4O3S. The highest BCUT2D eigenvalue weighted by Crippen LogP contribution is 2.42. The minimum Gasteiger partial charge on any atom is -0.492 e. The van der Waals surface area contributed by atoms with Crippen LogP contribution in [0.1, 0.15) is 27.2 Å². The summed E-state index contributed by atoms with van der Waals surface area (Å²) in [4.78, 5) is 27.6. The molecule has 1 aliphatic heterocycles. The lowest BCUT2D eigenvalue weighted by atomic mass is 9.88. The highest BCUT2D eigenvalue weighted by molar-refractivity contribution is 7.12. The number of methoxy groups -OCH3 is 1. The van der Waals surface area contributed by atoms with E-state index in [-0.39, 0.29) is 22.2 Å². The third-order valence-corrected chi connectivity index (χ3v) is 6.83. The molecule has 0 aliphatic carbocycles. The molecular weight excluding hydrogens is 395 g/mol. The lowest BCUT2D eigenvalue weighted by Gasteiger charge is -2.28. The van der Waals surface area contributed by atoms with Gasteiger partial charge in [-0.25, -0.2) is 4.39 Å². The molecule has 1 atom stereocenters. The molecule has 0 radical (unpaired) electrons. The molecule has 4 rings (SSSR count). The zero-order valence-corrected chi connectivity index (χ0v) is 17.8. The Kier molecular flexibility index (Phi) is 4.70.